The van der Waals surface area contributed by atoms with Crippen LogP contribution in [0.1, 0.15) is 33.6 Å². The number of benzene rings is 2. The van der Waals surface area contributed by atoms with Crippen molar-refractivity contribution in [1.29, 1.82) is 0 Å². The second kappa shape index (κ2) is 7.48. The lowest BCUT2D eigenvalue weighted by atomic mass is 9.92. The van der Waals surface area contributed by atoms with E-state index in [-0.39, 0.29) is 11.8 Å². The van der Waals surface area contributed by atoms with Gasteiger partial charge in [0, 0.05) is 48.3 Å². The summed E-state index contributed by atoms with van der Waals surface area (Å²) in [5, 5.41) is 7.02. The molecule has 1 spiro atoms. The smallest absolute Gasteiger partial charge is 0.255 e. The predicted octanol–water partition coefficient (Wildman–Crippen LogP) is 3.15. The summed E-state index contributed by atoms with van der Waals surface area (Å²) in [6.45, 7) is 1.02. The fourth-order valence-corrected chi connectivity index (χ4v) is 4.01. The zero-order valence-corrected chi connectivity index (χ0v) is 17.0. The summed E-state index contributed by atoms with van der Waals surface area (Å²) in [4.78, 5) is 27.4. The van der Waals surface area contributed by atoms with Gasteiger partial charge in [-0.3, -0.25) is 9.59 Å². The Morgan fingerprint density at radius 2 is 1.69 bits per heavy atom. The van der Waals surface area contributed by atoms with Gasteiger partial charge in [-0.25, -0.2) is 0 Å². The average molecular weight is 416 g/mol. The maximum absolute atomic E-state index is 13.0. The number of hydrogen-bond donors (Lipinski definition) is 2. The van der Waals surface area contributed by atoms with Crippen LogP contribution in [0.2, 0.25) is 5.02 Å². The Morgan fingerprint density at radius 3 is 2.31 bits per heavy atom. The number of ether oxygens (including phenoxy) is 2. The summed E-state index contributed by atoms with van der Waals surface area (Å²) in [6.07, 6.45) is 1.18. The molecule has 8 heteroatoms. The molecule has 0 saturated carbocycles. The first-order valence-corrected chi connectivity index (χ1v) is 9.73. The van der Waals surface area contributed by atoms with Gasteiger partial charge in [-0.2, -0.15) is 0 Å². The molecule has 2 aromatic rings. The van der Waals surface area contributed by atoms with Crippen molar-refractivity contribution in [2.75, 3.05) is 32.6 Å². The van der Waals surface area contributed by atoms with E-state index in [9.17, 15) is 9.59 Å². The number of anilines is 1. The third-order valence-corrected chi connectivity index (χ3v) is 5.69. The normalized spacial score (nSPS) is 17.2. The van der Waals surface area contributed by atoms with Crippen LogP contribution in [-0.2, 0) is 0 Å². The van der Waals surface area contributed by atoms with Crippen LogP contribution >= 0.6 is 11.6 Å². The van der Waals surface area contributed by atoms with Crippen LogP contribution in [0.4, 0.5) is 5.69 Å². The van der Waals surface area contributed by atoms with Gasteiger partial charge in [-0.15, -0.1) is 0 Å². The molecule has 0 unspecified atom stereocenters. The molecule has 2 amide bonds. The molecule has 4 rings (SSSR count). The van der Waals surface area contributed by atoms with Crippen LogP contribution in [0.3, 0.4) is 0 Å². The number of methoxy groups -OCH3 is 2. The Morgan fingerprint density at radius 1 is 1.03 bits per heavy atom. The Bertz CT molecular complexity index is 948. The second-order valence-corrected chi connectivity index (χ2v) is 7.68. The fraction of sp³-hybridized carbons (Fsp3) is 0.333. The quantitative estimate of drug-likeness (QED) is 0.805. The number of piperidine rings is 1. The zero-order valence-electron chi connectivity index (χ0n) is 16.3. The van der Waals surface area contributed by atoms with E-state index in [0.29, 0.717) is 53.6 Å². The van der Waals surface area contributed by atoms with Crippen LogP contribution in [0.25, 0.3) is 0 Å². The first-order valence-electron chi connectivity index (χ1n) is 9.36. The van der Waals surface area contributed by atoms with Crippen molar-refractivity contribution in [3.8, 4) is 11.5 Å². The van der Waals surface area contributed by atoms with Crippen molar-refractivity contribution in [2.45, 2.75) is 18.5 Å². The molecule has 1 fully saturated rings. The maximum Gasteiger partial charge on any atom is 0.255 e. The lowest BCUT2D eigenvalue weighted by molar-refractivity contribution is 0.0639. The molecule has 2 aromatic carbocycles. The standard InChI is InChI=1S/C21H22ClN3O4/c1-28-15-9-13(10-16(12-15)29-2)20(27)25-7-5-21(6-8-25)23-18-4-3-14(22)11-17(18)19(26)24-21/h3-4,9-12,23H,5-8H2,1-2H3,(H,24,26). The van der Waals surface area contributed by atoms with Crippen molar-refractivity contribution in [1.82, 2.24) is 10.2 Å². The minimum Gasteiger partial charge on any atom is -0.497 e. The van der Waals surface area contributed by atoms with Crippen molar-refractivity contribution in [2.24, 2.45) is 0 Å². The van der Waals surface area contributed by atoms with Crippen LogP contribution < -0.4 is 20.1 Å². The number of amides is 2. The molecule has 29 heavy (non-hydrogen) atoms. The summed E-state index contributed by atoms with van der Waals surface area (Å²) in [6, 6.07) is 10.4. The van der Waals surface area contributed by atoms with Gasteiger partial charge >= 0.3 is 0 Å². The van der Waals surface area contributed by atoms with E-state index in [0.717, 1.165) is 5.69 Å². The maximum atomic E-state index is 13.0. The topological polar surface area (TPSA) is 79.9 Å². The molecule has 2 heterocycles. The highest BCUT2D eigenvalue weighted by molar-refractivity contribution is 6.31. The summed E-state index contributed by atoms with van der Waals surface area (Å²) >= 11 is 6.00. The van der Waals surface area contributed by atoms with Gasteiger partial charge in [0.25, 0.3) is 11.8 Å². The van der Waals surface area contributed by atoms with Gasteiger partial charge in [-0.05, 0) is 30.3 Å². The number of carbonyl (C=O) groups excluding carboxylic acids is 2. The molecule has 0 aromatic heterocycles. The van der Waals surface area contributed by atoms with Crippen LogP contribution in [0, 0.1) is 0 Å². The van der Waals surface area contributed by atoms with Crippen LogP contribution in [0.15, 0.2) is 36.4 Å². The summed E-state index contributed by atoms with van der Waals surface area (Å²) in [7, 11) is 3.10. The molecule has 0 radical (unpaired) electrons. The summed E-state index contributed by atoms with van der Waals surface area (Å²) < 4.78 is 10.5. The number of nitrogens with one attached hydrogen (secondary N) is 2. The number of nitrogens with zero attached hydrogens (tertiary/aromatic N) is 1. The molecule has 152 valence electrons. The highest BCUT2D eigenvalue weighted by atomic mass is 35.5. The molecule has 2 N–H and O–H groups in total. The van der Waals surface area contributed by atoms with Gasteiger partial charge < -0.3 is 25.0 Å². The number of rotatable bonds is 3. The van der Waals surface area contributed by atoms with Crippen molar-refractivity contribution >= 4 is 29.1 Å². The van der Waals surface area contributed by atoms with Crippen molar-refractivity contribution in [3.63, 3.8) is 0 Å². The highest BCUT2D eigenvalue weighted by Crippen LogP contribution is 2.33. The monoisotopic (exact) mass is 415 g/mol. The zero-order chi connectivity index (χ0) is 20.6. The Balaban J connectivity index is 1.49. The third kappa shape index (κ3) is 3.70. The molecule has 7 nitrogen and oxygen atoms in total. The largest absolute Gasteiger partial charge is 0.497 e. The van der Waals surface area contributed by atoms with E-state index in [1.165, 1.54) is 0 Å². The van der Waals surface area contributed by atoms with E-state index in [4.69, 9.17) is 21.1 Å². The lowest BCUT2D eigenvalue weighted by Crippen LogP contribution is -2.62. The SMILES string of the molecule is COc1cc(OC)cc(C(=O)N2CCC3(CC2)NC(=O)c2cc(Cl)ccc2N3)c1. The molecule has 0 atom stereocenters. The summed E-state index contributed by atoms with van der Waals surface area (Å²) in [5.74, 6) is 0.889. The molecule has 0 aliphatic carbocycles. The Hall–Kier alpha value is -2.93. The molecule has 2 aliphatic heterocycles. The molecule has 0 bridgehead atoms. The van der Waals surface area contributed by atoms with E-state index in [1.54, 1.807) is 49.5 Å². The van der Waals surface area contributed by atoms with Crippen LogP contribution in [-0.4, -0.2) is 49.7 Å². The predicted molar refractivity (Wildman–Crippen MR) is 110 cm³/mol. The molecule has 2 aliphatic rings. The Kier molecular flexibility index (Phi) is 5.00. The minimum absolute atomic E-state index is 0.0913. The van der Waals surface area contributed by atoms with Gasteiger partial charge in [0.2, 0.25) is 0 Å². The van der Waals surface area contributed by atoms with Crippen molar-refractivity contribution < 1.29 is 19.1 Å². The van der Waals surface area contributed by atoms with Crippen LogP contribution in [0.5, 0.6) is 11.5 Å². The van der Waals surface area contributed by atoms with Gasteiger partial charge in [0.05, 0.1) is 19.8 Å². The lowest BCUT2D eigenvalue weighted by Gasteiger charge is -2.46. The number of carbonyl (C=O) groups is 2. The van der Waals surface area contributed by atoms with E-state index in [1.807, 2.05) is 6.07 Å². The third-order valence-electron chi connectivity index (χ3n) is 5.46. The number of halogens is 1. The molecular formula is C21H22ClN3O4. The minimum atomic E-state index is -0.569. The van der Waals surface area contributed by atoms with Gasteiger partial charge in [0.1, 0.15) is 17.2 Å². The van der Waals surface area contributed by atoms with Gasteiger partial charge in [0.15, 0.2) is 0 Å². The fourth-order valence-electron chi connectivity index (χ4n) is 3.84. The molecular weight excluding hydrogens is 394 g/mol. The summed E-state index contributed by atoms with van der Waals surface area (Å²) in [5.41, 5.74) is 1.24. The van der Waals surface area contributed by atoms with Gasteiger partial charge in [-0.1, -0.05) is 11.6 Å². The first kappa shape index (κ1) is 19.4. The average Bonchev–Trinajstić information content (AvgIpc) is 2.74. The number of hydrogen-bond acceptors (Lipinski definition) is 5. The van der Waals surface area contributed by atoms with E-state index < -0.39 is 5.66 Å². The first-order chi connectivity index (χ1) is 13.9. The molecule has 1 saturated heterocycles. The second-order valence-electron chi connectivity index (χ2n) is 7.24. The highest BCUT2D eigenvalue weighted by Gasteiger charge is 2.41. The number of likely N-dealkylation sites (tertiary alicyclic amines) is 1. The number of fused-ring (bicyclic) bond motifs is 1. The van der Waals surface area contributed by atoms with Crippen molar-refractivity contribution in [3.05, 3.63) is 52.5 Å². The Labute approximate surface area is 173 Å². The van der Waals surface area contributed by atoms with E-state index in [2.05, 4.69) is 10.6 Å². The van der Waals surface area contributed by atoms with E-state index >= 15 is 0 Å².